The first-order valence-electron chi connectivity index (χ1n) is 6.64. The van der Waals surface area contributed by atoms with E-state index in [1.807, 2.05) is 13.8 Å². The molecule has 1 aliphatic heterocycles. The van der Waals surface area contributed by atoms with Crippen LogP contribution in [0.2, 0.25) is 0 Å². The molecule has 1 aliphatic rings. The van der Waals surface area contributed by atoms with Crippen LogP contribution >= 0.6 is 0 Å². The summed E-state index contributed by atoms with van der Waals surface area (Å²) in [6, 6.07) is 0. The van der Waals surface area contributed by atoms with Crippen LogP contribution in [0.15, 0.2) is 0 Å². The summed E-state index contributed by atoms with van der Waals surface area (Å²) in [5, 5.41) is 0. The summed E-state index contributed by atoms with van der Waals surface area (Å²) in [6.07, 6.45) is 4.66. The molecule has 0 unspecified atom stereocenters. The quantitative estimate of drug-likeness (QED) is 0.769. The average Bonchev–Trinajstić information content (AvgIpc) is 2.28. The molecule has 1 saturated heterocycles. The van der Waals surface area contributed by atoms with Crippen LogP contribution in [0.25, 0.3) is 0 Å². The van der Waals surface area contributed by atoms with Gasteiger partial charge in [-0.25, -0.2) is 13.1 Å². The van der Waals surface area contributed by atoms with Crippen LogP contribution < -0.4 is 4.72 Å². The van der Waals surface area contributed by atoms with Crippen molar-refractivity contribution < 1.29 is 8.42 Å². The fourth-order valence-electron chi connectivity index (χ4n) is 1.85. The Morgan fingerprint density at radius 3 is 2.24 bits per heavy atom. The minimum Gasteiger partial charge on any atom is -0.303 e. The highest BCUT2D eigenvalue weighted by Gasteiger charge is 2.14. The Morgan fingerprint density at radius 2 is 1.76 bits per heavy atom. The van der Waals surface area contributed by atoms with E-state index in [4.69, 9.17) is 0 Å². The van der Waals surface area contributed by atoms with Crippen LogP contribution in [0.1, 0.15) is 40.0 Å². The maximum atomic E-state index is 10.8. The van der Waals surface area contributed by atoms with Gasteiger partial charge < -0.3 is 4.90 Å². The van der Waals surface area contributed by atoms with Gasteiger partial charge in [-0.15, -0.1) is 0 Å². The zero-order valence-electron chi connectivity index (χ0n) is 11.7. The SMILES string of the molecule is CC.CC1CCN(CCCNS(C)(=O)=O)CC1. The van der Waals surface area contributed by atoms with Gasteiger partial charge in [0.15, 0.2) is 0 Å². The molecule has 1 rings (SSSR count). The molecule has 0 amide bonds. The first-order chi connectivity index (χ1) is 7.97. The van der Waals surface area contributed by atoms with Crippen LogP contribution in [-0.2, 0) is 10.0 Å². The third kappa shape index (κ3) is 9.56. The van der Waals surface area contributed by atoms with Crippen molar-refractivity contribution in [2.75, 3.05) is 32.4 Å². The van der Waals surface area contributed by atoms with Crippen molar-refractivity contribution >= 4 is 10.0 Å². The fourth-order valence-corrected chi connectivity index (χ4v) is 2.36. The van der Waals surface area contributed by atoms with Gasteiger partial charge in [0.1, 0.15) is 0 Å². The van der Waals surface area contributed by atoms with E-state index in [0.717, 1.165) is 18.9 Å². The maximum Gasteiger partial charge on any atom is 0.208 e. The van der Waals surface area contributed by atoms with Crippen LogP contribution in [0, 0.1) is 5.92 Å². The molecule has 0 aliphatic carbocycles. The first kappa shape index (κ1) is 16.9. The van der Waals surface area contributed by atoms with E-state index < -0.39 is 10.0 Å². The van der Waals surface area contributed by atoms with E-state index in [1.165, 1.54) is 32.2 Å². The molecule has 1 heterocycles. The first-order valence-corrected chi connectivity index (χ1v) is 8.53. The monoisotopic (exact) mass is 264 g/mol. The van der Waals surface area contributed by atoms with Gasteiger partial charge in [0.2, 0.25) is 10.0 Å². The molecule has 0 bridgehead atoms. The number of rotatable bonds is 5. The van der Waals surface area contributed by atoms with Crippen LogP contribution in [0.4, 0.5) is 0 Å². The van der Waals surface area contributed by atoms with E-state index in [-0.39, 0.29) is 0 Å². The van der Waals surface area contributed by atoms with Crippen molar-refractivity contribution in [1.82, 2.24) is 9.62 Å². The van der Waals surface area contributed by atoms with E-state index in [0.29, 0.717) is 6.54 Å². The van der Waals surface area contributed by atoms with Crippen LogP contribution in [-0.4, -0.2) is 45.8 Å². The Kier molecular flexibility index (Phi) is 8.82. The van der Waals surface area contributed by atoms with Crippen molar-refractivity contribution in [2.24, 2.45) is 5.92 Å². The lowest BCUT2D eigenvalue weighted by Gasteiger charge is -2.30. The van der Waals surface area contributed by atoms with Gasteiger partial charge in [0, 0.05) is 6.54 Å². The Morgan fingerprint density at radius 1 is 1.24 bits per heavy atom. The highest BCUT2D eigenvalue weighted by atomic mass is 32.2. The average molecular weight is 264 g/mol. The third-order valence-corrected chi connectivity index (χ3v) is 3.62. The van der Waals surface area contributed by atoms with E-state index in [2.05, 4.69) is 16.5 Å². The number of nitrogens with zero attached hydrogens (tertiary/aromatic N) is 1. The lowest BCUT2D eigenvalue weighted by atomic mass is 9.99. The van der Waals surface area contributed by atoms with Gasteiger partial charge in [-0.3, -0.25) is 0 Å². The third-order valence-electron chi connectivity index (χ3n) is 2.89. The Bertz CT molecular complexity index is 270. The van der Waals surface area contributed by atoms with Gasteiger partial charge in [-0.2, -0.15) is 0 Å². The van der Waals surface area contributed by atoms with E-state index in [9.17, 15) is 8.42 Å². The van der Waals surface area contributed by atoms with Crippen LogP contribution in [0.5, 0.6) is 0 Å². The molecule has 1 fully saturated rings. The standard InChI is InChI=1S/C10H22N2O2S.C2H6/c1-10-4-8-12(9-5-10)7-3-6-11-15(2,13)14;1-2/h10-11H,3-9H2,1-2H3;1-2H3. The fraction of sp³-hybridized carbons (Fsp3) is 1.00. The Hall–Kier alpha value is -0.130. The summed E-state index contributed by atoms with van der Waals surface area (Å²) in [6.45, 7) is 10.2. The predicted octanol–water partition coefficient (Wildman–Crippen LogP) is 1.68. The second kappa shape index (κ2) is 8.89. The number of hydrogen-bond acceptors (Lipinski definition) is 3. The molecule has 0 saturated carbocycles. The van der Waals surface area contributed by atoms with Gasteiger partial charge in [-0.1, -0.05) is 20.8 Å². The van der Waals surface area contributed by atoms with Crippen molar-refractivity contribution in [3.8, 4) is 0 Å². The summed E-state index contributed by atoms with van der Waals surface area (Å²) < 4.78 is 24.1. The number of sulfonamides is 1. The van der Waals surface area contributed by atoms with Crippen molar-refractivity contribution in [3.63, 3.8) is 0 Å². The van der Waals surface area contributed by atoms with Gasteiger partial charge in [-0.05, 0) is 44.8 Å². The van der Waals surface area contributed by atoms with Gasteiger partial charge >= 0.3 is 0 Å². The lowest BCUT2D eigenvalue weighted by molar-refractivity contribution is 0.191. The minimum absolute atomic E-state index is 0.560. The smallest absolute Gasteiger partial charge is 0.208 e. The summed E-state index contributed by atoms with van der Waals surface area (Å²) in [5.41, 5.74) is 0. The molecule has 4 nitrogen and oxygen atoms in total. The zero-order chi connectivity index (χ0) is 13.3. The number of likely N-dealkylation sites (tertiary alicyclic amines) is 1. The molecule has 5 heteroatoms. The molecule has 0 radical (unpaired) electrons. The lowest BCUT2D eigenvalue weighted by Crippen LogP contribution is -2.35. The van der Waals surface area contributed by atoms with Crippen molar-refractivity contribution in [2.45, 2.75) is 40.0 Å². The Balaban J connectivity index is 0.00000121. The summed E-state index contributed by atoms with van der Waals surface area (Å²) in [5.74, 6) is 0.857. The predicted molar refractivity (Wildman–Crippen MR) is 73.6 cm³/mol. The molecular weight excluding hydrogens is 236 g/mol. The van der Waals surface area contributed by atoms with Crippen molar-refractivity contribution in [3.05, 3.63) is 0 Å². The van der Waals surface area contributed by atoms with E-state index >= 15 is 0 Å². The summed E-state index contributed by atoms with van der Waals surface area (Å²) >= 11 is 0. The molecule has 17 heavy (non-hydrogen) atoms. The summed E-state index contributed by atoms with van der Waals surface area (Å²) in [7, 11) is -3.00. The molecule has 1 N–H and O–H groups in total. The summed E-state index contributed by atoms with van der Waals surface area (Å²) in [4.78, 5) is 2.42. The number of hydrogen-bond donors (Lipinski definition) is 1. The molecular formula is C12H28N2O2S. The molecule has 0 aromatic rings. The topological polar surface area (TPSA) is 49.4 Å². The molecule has 104 valence electrons. The van der Waals surface area contributed by atoms with Gasteiger partial charge in [0.25, 0.3) is 0 Å². The second-order valence-electron chi connectivity index (χ2n) is 4.54. The molecule has 0 atom stereocenters. The second-order valence-corrected chi connectivity index (χ2v) is 6.38. The highest BCUT2D eigenvalue weighted by Crippen LogP contribution is 2.15. The minimum atomic E-state index is -3.00. The number of nitrogens with one attached hydrogen (secondary N) is 1. The molecule has 0 aromatic carbocycles. The van der Waals surface area contributed by atoms with Crippen molar-refractivity contribution in [1.29, 1.82) is 0 Å². The number of piperidine rings is 1. The maximum absolute atomic E-state index is 10.8. The normalized spacial score (nSPS) is 18.6. The van der Waals surface area contributed by atoms with Gasteiger partial charge in [0.05, 0.1) is 6.26 Å². The zero-order valence-corrected chi connectivity index (χ0v) is 12.5. The largest absolute Gasteiger partial charge is 0.303 e. The molecule has 0 spiro atoms. The van der Waals surface area contributed by atoms with E-state index in [1.54, 1.807) is 0 Å². The Labute approximate surface area is 107 Å². The molecule has 0 aromatic heterocycles. The highest BCUT2D eigenvalue weighted by molar-refractivity contribution is 7.88. The van der Waals surface area contributed by atoms with Crippen LogP contribution in [0.3, 0.4) is 0 Å².